The first-order valence-corrected chi connectivity index (χ1v) is 14.4. The van der Waals surface area contributed by atoms with Gasteiger partial charge in [-0.1, -0.05) is 59.6 Å². The molecule has 0 spiro atoms. The maximum atomic E-state index is 13.7. The quantitative estimate of drug-likeness (QED) is 0.418. The smallest absolute Gasteiger partial charge is 0.318 e. The van der Waals surface area contributed by atoms with Crippen molar-refractivity contribution < 1.29 is 14.4 Å². The second-order valence-corrected chi connectivity index (χ2v) is 10.7. The molecular formula is C29H39Cl2N5O3. The summed E-state index contributed by atoms with van der Waals surface area (Å²) >= 11 is 12.3. The van der Waals surface area contributed by atoms with Gasteiger partial charge in [0.15, 0.2) is 0 Å². The molecule has 2 aliphatic heterocycles. The Hall–Kier alpha value is -2.81. The number of amides is 4. The SMILES string of the molecule is CCNC=O.O=C(N[C@H](Cc1ccc(Cl)c(Cl)c1)C(=O)N1CCC[C@H](Cc2ccccc2)C1)N1CCNCC1. The molecule has 10 heteroatoms. The molecule has 4 rings (SSSR count). The molecule has 4 amide bonds. The van der Waals surface area contributed by atoms with Crippen LogP contribution in [0, 0.1) is 5.92 Å². The second-order valence-electron chi connectivity index (χ2n) is 9.85. The average Bonchev–Trinajstić information content (AvgIpc) is 2.96. The topological polar surface area (TPSA) is 93.8 Å². The minimum Gasteiger partial charge on any atom is -0.359 e. The first-order chi connectivity index (χ1) is 18.9. The first-order valence-electron chi connectivity index (χ1n) is 13.6. The molecule has 2 saturated heterocycles. The zero-order valence-corrected chi connectivity index (χ0v) is 24.0. The van der Waals surface area contributed by atoms with Crippen molar-refractivity contribution in [3.63, 3.8) is 0 Å². The molecule has 2 aliphatic rings. The summed E-state index contributed by atoms with van der Waals surface area (Å²) in [7, 11) is 0. The van der Waals surface area contributed by atoms with Gasteiger partial charge in [-0.15, -0.1) is 0 Å². The average molecular weight is 577 g/mol. The Morgan fingerprint density at radius 2 is 1.77 bits per heavy atom. The van der Waals surface area contributed by atoms with Crippen LogP contribution in [0.15, 0.2) is 48.5 Å². The zero-order valence-electron chi connectivity index (χ0n) is 22.5. The van der Waals surface area contributed by atoms with Gasteiger partial charge in [0.25, 0.3) is 0 Å². The number of benzene rings is 2. The number of likely N-dealkylation sites (tertiary alicyclic amines) is 1. The van der Waals surface area contributed by atoms with E-state index >= 15 is 0 Å². The van der Waals surface area contributed by atoms with Gasteiger partial charge >= 0.3 is 6.03 Å². The largest absolute Gasteiger partial charge is 0.359 e. The molecular weight excluding hydrogens is 537 g/mol. The summed E-state index contributed by atoms with van der Waals surface area (Å²) in [6.45, 7) is 6.78. The van der Waals surface area contributed by atoms with Crippen LogP contribution < -0.4 is 16.0 Å². The second kappa shape index (κ2) is 16.3. The van der Waals surface area contributed by atoms with Crippen molar-refractivity contribution in [3.05, 3.63) is 69.7 Å². The third-order valence-corrected chi connectivity index (χ3v) is 7.65. The molecule has 0 bridgehead atoms. The van der Waals surface area contributed by atoms with Gasteiger partial charge in [0.2, 0.25) is 12.3 Å². The van der Waals surface area contributed by atoms with Crippen LogP contribution in [0.25, 0.3) is 0 Å². The lowest BCUT2D eigenvalue weighted by atomic mass is 9.90. The van der Waals surface area contributed by atoms with Crippen molar-refractivity contribution in [2.45, 2.75) is 38.6 Å². The van der Waals surface area contributed by atoms with Crippen LogP contribution in [0.5, 0.6) is 0 Å². The van der Waals surface area contributed by atoms with E-state index in [1.165, 1.54) is 5.56 Å². The van der Waals surface area contributed by atoms with Crippen LogP contribution in [0.2, 0.25) is 10.0 Å². The summed E-state index contributed by atoms with van der Waals surface area (Å²) in [5, 5.41) is 9.62. The molecule has 2 aromatic rings. The molecule has 0 unspecified atom stereocenters. The minimum absolute atomic E-state index is 0.0349. The van der Waals surface area contributed by atoms with E-state index in [4.69, 9.17) is 23.2 Å². The number of carbonyl (C=O) groups excluding carboxylic acids is 3. The number of nitrogens with one attached hydrogen (secondary N) is 3. The Morgan fingerprint density at radius 3 is 2.41 bits per heavy atom. The number of urea groups is 1. The van der Waals surface area contributed by atoms with Gasteiger partial charge in [-0.05, 0) is 55.4 Å². The minimum atomic E-state index is -0.657. The molecule has 2 fully saturated rings. The highest BCUT2D eigenvalue weighted by Gasteiger charge is 2.31. The summed E-state index contributed by atoms with van der Waals surface area (Å²) in [4.78, 5) is 39.7. The predicted molar refractivity (Wildman–Crippen MR) is 156 cm³/mol. The monoisotopic (exact) mass is 575 g/mol. The molecule has 0 aliphatic carbocycles. The van der Waals surface area contributed by atoms with Gasteiger partial charge in [0.05, 0.1) is 10.0 Å². The Kier molecular flexibility index (Phi) is 12.9. The van der Waals surface area contributed by atoms with E-state index in [0.29, 0.717) is 55.0 Å². The fourth-order valence-corrected chi connectivity index (χ4v) is 5.21. The number of hydrogen-bond acceptors (Lipinski definition) is 4. The van der Waals surface area contributed by atoms with Crippen molar-refractivity contribution in [2.24, 2.45) is 5.92 Å². The summed E-state index contributed by atoms with van der Waals surface area (Å²) in [5.74, 6) is 0.377. The lowest BCUT2D eigenvalue weighted by Gasteiger charge is -2.36. The number of carbonyl (C=O) groups is 3. The molecule has 39 heavy (non-hydrogen) atoms. The van der Waals surface area contributed by atoms with Crippen molar-refractivity contribution in [2.75, 3.05) is 45.8 Å². The highest BCUT2D eigenvalue weighted by Crippen LogP contribution is 2.25. The van der Waals surface area contributed by atoms with Crippen molar-refractivity contribution in [1.29, 1.82) is 0 Å². The Balaban J connectivity index is 0.000000771. The van der Waals surface area contributed by atoms with Crippen LogP contribution in [0.4, 0.5) is 4.79 Å². The van der Waals surface area contributed by atoms with E-state index in [2.05, 4.69) is 40.2 Å². The number of halogens is 2. The van der Waals surface area contributed by atoms with E-state index < -0.39 is 6.04 Å². The first kappa shape index (κ1) is 30.7. The third kappa shape index (κ3) is 10.0. The van der Waals surface area contributed by atoms with E-state index in [-0.39, 0.29) is 11.9 Å². The van der Waals surface area contributed by atoms with Crippen LogP contribution in [-0.2, 0) is 22.4 Å². The van der Waals surface area contributed by atoms with E-state index in [0.717, 1.165) is 44.5 Å². The van der Waals surface area contributed by atoms with Gasteiger partial charge in [-0.25, -0.2) is 4.79 Å². The van der Waals surface area contributed by atoms with Gasteiger partial charge in [0, 0.05) is 52.2 Å². The van der Waals surface area contributed by atoms with E-state index in [1.54, 1.807) is 17.0 Å². The molecule has 2 atom stereocenters. The highest BCUT2D eigenvalue weighted by atomic mass is 35.5. The molecule has 8 nitrogen and oxygen atoms in total. The predicted octanol–water partition coefficient (Wildman–Crippen LogP) is 3.75. The van der Waals surface area contributed by atoms with Gasteiger partial charge in [0.1, 0.15) is 6.04 Å². The fourth-order valence-electron chi connectivity index (χ4n) is 4.89. The van der Waals surface area contributed by atoms with Crippen LogP contribution in [0.1, 0.15) is 30.9 Å². The standard InChI is InChI=1S/C26H32Cl2N4O2.C3H7NO/c27-22-9-8-20(16-23(22)28)17-24(30-26(34)31-13-10-29-11-14-31)25(33)32-12-4-7-21(18-32)15-19-5-2-1-3-6-19;1-2-4-3-5/h1-3,5-6,8-9,16,21,24,29H,4,7,10-15,17-18H2,(H,30,34);3H,2H2,1H3,(H,4,5)/t21-,24-;/m1./s1. The molecule has 212 valence electrons. The van der Waals surface area contributed by atoms with Gasteiger partial charge in [-0.3, -0.25) is 9.59 Å². The number of rotatable bonds is 8. The third-order valence-electron chi connectivity index (χ3n) is 6.91. The summed E-state index contributed by atoms with van der Waals surface area (Å²) in [5.41, 5.74) is 2.16. The van der Waals surface area contributed by atoms with Crippen LogP contribution >= 0.6 is 23.2 Å². The molecule has 0 saturated carbocycles. The normalized spacial score (nSPS) is 17.9. The molecule has 0 aromatic heterocycles. The number of piperidine rings is 1. The highest BCUT2D eigenvalue weighted by molar-refractivity contribution is 6.42. The van der Waals surface area contributed by atoms with Crippen molar-refractivity contribution in [3.8, 4) is 0 Å². The number of hydrogen-bond donors (Lipinski definition) is 3. The summed E-state index contributed by atoms with van der Waals surface area (Å²) in [6, 6.07) is 14.9. The molecule has 2 heterocycles. The lowest BCUT2D eigenvalue weighted by molar-refractivity contribution is -0.135. The Bertz CT molecular complexity index is 1070. The summed E-state index contributed by atoms with van der Waals surface area (Å²) < 4.78 is 0. The number of nitrogens with zero attached hydrogens (tertiary/aromatic N) is 2. The van der Waals surface area contributed by atoms with E-state index in [9.17, 15) is 14.4 Å². The van der Waals surface area contributed by atoms with Gasteiger partial charge < -0.3 is 25.8 Å². The van der Waals surface area contributed by atoms with Crippen LogP contribution in [0.3, 0.4) is 0 Å². The Labute approximate surface area is 241 Å². The van der Waals surface area contributed by atoms with Crippen LogP contribution in [-0.4, -0.2) is 80.0 Å². The Morgan fingerprint density at radius 1 is 1.03 bits per heavy atom. The zero-order chi connectivity index (χ0) is 28.0. The summed E-state index contributed by atoms with van der Waals surface area (Å²) in [6.07, 6.45) is 4.07. The maximum absolute atomic E-state index is 13.7. The fraction of sp³-hybridized carbons (Fsp3) is 0.483. The van der Waals surface area contributed by atoms with E-state index in [1.807, 2.05) is 24.0 Å². The number of piperazine rings is 1. The molecule has 0 radical (unpaired) electrons. The molecule has 3 N–H and O–H groups in total. The molecule has 2 aromatic carbocycles. The van der Waals surface area contributed by atoms with Gasteiger partial charge in [-0.2, -0.15) is 0 Å². The maximum Gasteiger partial charge on any atom is 0.318 e. The van der Waals surface area contributed by atoms with Crippen molar-refractivity contribution >= 4 is 41.6 Å². The lowest BCUT2D eigenvalue weighted by Crippen LogP contribution is -2.57. The van der Waals surface area contributed by atoms with Crippen molar-refractivity contribution in [1.82, 2.24) is 25.8 Å².